The Bertz CT molecular complexity index is 138. The van der Waals surface area contributed by atoms with Gasteiger partial charge >= 0.3 is 0 Å². The summed E-state index contributed by atoms with van der Waals surface area (Å²) in [5, 5.41) is 0.124. The lowest BCUT2D eigenvalue weighted by Gasteiger charge is -2.26. The highest BCUT2D eigenvalue weighted by Gasteiger charge is 2.39. The van der Waals surface area contributed by atoms with Crippen LogP contribution in [0.1, 0.15) is 27.2 Å². The molecule has 1 aliphatic rings. The summed E-state index contributed by atoms with van der Waals surface area (Å²) in [6.45, 7) is 6.74. The molecule has 0 bridgehead atoms. The highest BCUT2D eigenvalue weighted by molar-refractivity contribution is 7.81. The average molecular weight is 176 g/mol. The largest absolute Gasteiger partial charge is 0.346 e. The first-order valence-corrected chi connectivity index (χ1v) is 4.60. The van der Waals surface area contributed by atoms with Crippen LogP contribution in [0, 0.1) is 0 Å². The summed E-state index contributed by atoms with van der Waals surface area (Å²) in [7, 11) is 0. The molecule has 0 N–H and O–H groups in total. The van der Waals surface area contributed by atoms with Crippen LogP contribution in [0.25, 0.3) is 0 Å². The van der Waals surface area contributed by atoms with Gasteiger partial charge in [0.25, 0.3) is 0 Å². The zero-order valence-electron chi connectivity index (χ0n) is 7.33. The van der Waals surface area contributed by atoms with Crippen molar-refractivity contribution in [2.24, 2.45) is 0 Å². The monoisotopic (exact) mass is 176 g/mol. The molecule has 3 unspecified atom stereocenters. The summed E-state index contributed by atoms with van der Waals surface area (Å²) >= 11 is 4.31. The summed E-state index contributed by atoms with van der Waals surface area (Å²) in [4.78, 5) is 0. The van der Waals surface area contributed by atoms with Gasteiger partial charge in [0.1, 0.15) is 0 Å². The first-order valence-electron chi connectivity index (χ1n) is 4.08. The van der Waals surface area contributed by atoms with E-state index in [4.69, 9.17) is 9.47 Å². The first kappa shape index (κ1) is 9.36. The van der Waals surface area contributed by atoms with Gasteiger partial charge in [-0.25, -0.2) is 0 Å². The molecule has 66 valence electrons. The van der Waals surface area contributed by atoms with Crippen LogP contribution in [0.4, 0.5) is 0 Å². The minimum atomic E-state index is -0.468. The first-order chi connectivity index (χ1) is 5.08. The van der Waals surface area contributed by atoms with Crippen molar-refractivity contribution in [2.75, 3.05) is 6.61 Å². The molecule has 2 nitrogen and oxygen atoms in total. The number of ether oxygens (including phenoxy) is 2. The standard InChI is InChI=1S/C8H16O2S/c1-4-7-5-9-8(3,10-7)6(2)11/h6-7,11H,4-5H2,1-3H3. The second-order valence-electron chi connectivity index (χ2n) is 3.15. The Morgan fingerprint density at radius 2 is 2.36 bits per heavy atom. The van der Waals surface area contributed by atoms with Crippen LogP contribution >= 0.6 is 12.6 Å². The third-order valence-corrected chi connectivity index (χ3v) is 2.64. The molecule has 1 heterocycles. The molecular weight excluding hydrogens is 160 g/mol. The fraction of sp³-hybridized carbons (Fsp3) is 1.00. The van der Waals surface area contributed by atoms with E-state index in [9.17, 15) is 0 Å². The smallest absolute Gasteiger partial charge is 0.177 e. The second-order valence-corrected chi connectivity index (χ2v) is 3.93. The lowest BCUT2D eigenvalue weighted by atomic mass is 10.2. The van der Waals surface area contributed by atoms with Crippen LogP contribution in [0.2, 0.25) is 0 Å². The van der Waals surface area contributed by atoms with E-state index in [1.807, 2.05) is 13.8 Å². The van der Waals surface area contributed by atoms with Gasteiger partial charge in [0.15, 0.2) is 5.79 Å². The topological polar surface area (TPSA) is 18.5 Å². The Labute approximate surface area is 73.7 Å². The van der Waals surface area contributed by atoms with E-state index < -0.39 is 5.79 Å². The molecule has 1 aliphatic heterocycles. The molecule has 1 saturated heterocycles. The number of hydrogen-bond acceptors (Lipinski definition) is 3. The van der Waals surface area contributed by atoms with E-state index >= 15 is 0 Å². The lowest BCUT2D eigenvalue weighted by molar-refractivity contribution is -0.150. The molecule has 1 rings (SSSR count). The number of rotatable bonds is 2. The molecule has 0 radical (unpaired) electrons. The number of thiol groups is 1. The van der Waals surface area contributed by atoms with Crippen molar-refractivity contribution < 1.29 is 9.47 Å². The van der Waals surface area contributed by atoms with E-state index in [0.29, 0.717) is 6.61 Å². The molecule has 0 saturated carbocycles. The van der Waals surface area contributed by atoms with Gasteiger partial charge in [0, 0.05) is 0 Å². The van der Waals surface area contributed by atoms with Crippen LogP contribution in [0.5, 0.6) is 0 Å². The summed E-state index contributed by atoms with van der Waals surface area (Å²) in [5.41, 5.74) is 0. The molecule has 3 heteroatoms. The number of hydrogen-bond donors (Lipinski definition) is 1. The van der Waals surface area contributed by atoms with Crippen LogP contribution in [-0.2, 0) is 9.47 Å². The van der Waals surface area contributed by atoms with Gasteiger partial charge in [-0.2, -0.15) is 12.6 Å². The Balaban J connectivity index is 2.50. The van der Waals surface area contributed by atoms with E-state index in [-0.39, 0.29) is 11.4 Å². The highest BCUT2D eigenvalue weighted by atomic mass is 32.1. The molecule has 1 fully saturated rings. The minimum absolute atomic E-state index is 0.124. The van der Waals surface area contributed by atoms with Crippen LogP contribution in [0.15, 0.2) is 0 Å². The molecule has 0 amide bonds. The van der Waals surface area contributed by atoms with Gasteiger partial charge in [-0.05, 0) is 20.3 Å². The zero-order valence-corrected chi connectivity index (χ0v) is 8.23. The maximum absolute atomic E-state index is 5.66. The Morgan fingerprint density at radius 3 is 2.64 bits per heavy atom. The summed E-state index contributed by atoms with van der Waals surface area (Å²) in [6.07, 6.45) is 1.27. The van der Waals surface area contributed by atoms with Gasteiger partial charge in [-0.1, -0.05) is 6.92 Å². The van der Waals surface area contributed by atoms with Gasteiger partial charge in [0.05, 0.1) is 18.0 Å². The third-order valence-electron chi connectivity index (χ3n) is 2.17. The highest BCUT2D eigenvalue weighted by Crippen LogP contribution is 2.30. The van der Waals surface area contributed by atoms with E-state index in [1.165, 1.54) is 0 Å². The van der Waals surface area contributed by atoms with E-state index in [1.54, 1.807) is 0 Å². The molecule has 3 atom stereocenters. The van der Waals surface area contributed by atoms with Crippen molar-refractivity contribution in [2.45, 2.75) is 44.3 Å². The van der Waals surface area contributed by atoms with Gasteiger partial charge in [-0.3, -0.25) is 0 Å². The summed E-state index contributed by atoms with van der Waals surface area (Å²) in [5.74, 6) is -0.468. The second kappa shape index (κ2) is 3.33. The van der Waals surface area contributed by atoms with Gasteiger partial charge < -0.3 is 9.47 Å². The Kier molecular flexibility index (Phi) is 2.84. The summed E-state index contributed by atoms with van der Waals surface area (Å²) < 4.78 is 11.2. The molecular formula is C8H16O2S. The van der Waals surface area contributed by atoms with E-state index in [2.05, 4.69) is 19.6 Å². The van der Waals surface area contributed by atoms with Crippen LogP contribution in [0.3, 0.4) is 0 Å². The Hall–Kier alpha value is 0.270. The fourth-order valence-corrected chi connectivity index (χ4v) is 1.21. The lowest BCUT2D eigenvalue weighted by Crippen LogP contribution is -2.35. The fourth-order valence-electron chi connectivity index (χ4n) is 1.08. The predicted octanol–water partition coefficient (Wildman–Crippen LogP) is 1.85. The molecule has 0 aromatic rings. The van der Waals surface area contributed by atoms with E-state index in [0.717, 1.165) is 6.42 Å². The molecule has 0 aromatic carbocycles. The van der Waals surface area contributed by atoms with Gasteiger partial charge in [0.2, 0.25) is 0 Å². The third kappa shape index (κ3) is 1.89. The predicted molar refractivity (Wildman–Crippen MR) is 48.0 cm³/mol. The van der Waals surface area contributed by atoms with Crippen LogP contribution in [-0.4, -0.2) is 23.7 Å². The normalized spacial score (nSPS) is 40.9. The maximum atomic E-state index is 5.66. The van der Waals surface area contributed by atoms with Crippen LogP contribution < -0.4 is 0 Å². The van der Waals surface area contributed by atoms with Gasteiger partial charge in [-0.15, -0.1) is 0 Å². The quantitative estimate of drug-likeness (QED) is 0.647. The van der Waals surface area contributed by atoms with Crippen molar-refractivity contribution in [3.05, 3.63) is 0 Å². The Morgan fingerprint density at radius 1 is 1.73 bits per heavy atom. The SMILES string of the molecule is CCC1COC(C)(C(C)S)O1. The van der Waals surface area contributed by atoms with Crippen molar-refractivity contribution in [3.8, 4) is 0 Å². The van der Waals surface area contributed by atoms with Crippen molar-refractivity contribution >= 4 is 12.6 Å². The van der Waals surface area contributed by atoms with Crippen molar-refractivity contribution in [1.82, 2.24) is 0 Å². The minimum Gasteiger partial charge on any atom is -0.346 e. The summed E-state index contributed by atoms with van der Waals surface area (Å²) in [6, 6.07) is 0. The zero-order chi connectivity index (χ0) is 8.48. The van der Waals surface area contributed by atoms with Crippen molar-refractivity contribution in [3.63, 3.8) is 0 Å². The molecule has 0 spiro atoms. The molecule has 11 heavy (non-hydrogen) atoms. The molecule has 0 aliphatic carbocycles. The van der Waals surface area contributed by atoms with Crippen molar-refractivity contribution in [1.29, 1.82) is 0 Å². The molecule has 0 aromatic heterocycles. The maximum Gasteiger partial charge on any atom is 0.177 e. The average Bonchev–Trinajstić information content (AvgIpc) is 2.33.